The van der Waals surface area contributed by atoms with Crippen LogP contribution < -0.4 is 10.6 Å². The third-order valence-corrected chi connectivity index (χ3v) is 11.2. The van der Waals surface area contributed by atoms with E-state index in [1.54, 1.807) is 0 Å². The minimum absolute atomic E-state index is 0.332. The van der Waals surface area contributed by atoms with Crippen LogP contribution in [0.2, 0.25) is 0 Å². The van der Waals surface area contributed by atoms with Crippen molar-refractivity contribution >= 4 is 31.4 Å². The minimum atomic E-state index is -1.97. The molecular weight excluding hydrogens is 390 g/mol. The predicted octanol–water partition coefficient (Wildman–Crippen LogP) is 5.13. The fourth-order valence-electron chi connectivity index (χ4n) is 3.95. The van der Waals surface area contributed by atoms with E-state index >= 15 is 0 Å². The summed E-state index contributed by atoms with van der Waals surface area (Å²) in [5, 5.41) is 2.59. The van der Waals surface area contributed by atoms with E-state index in [1.807, 2.05) is 0 Å². The van der Waals surface area contributed by atoms with E-state index in [2.05, 4.69) is 96.5 Å². The molecule has 1 saturated carbocycles. The Labute approximate surface area is 160 Å². The summed E-state index contributed by atoms with van der Waals surface area (Å²) >= 11 is 3.53. The van der Waals surface area contributed by atoms with E-state index in [-0.39, 0.29) is 0 Å². The normalized spacial score (nSPS) is 24.4. The van der Waals surface area contributed by atoms with Crippen molar-refractivity contribution in [1.82, 2.24) is 0 Å². The van der Waals surface area contributed by atoms with Gasteiger partial charge in [0.15, 0.2) is 0 Å². The average Bonchev–Trinajstić information content (AvgIpc) is 2.63. The first-order chi connectivity index (χ1) is 12.0. The molecule has 25 heavy (non-hydrogen) atoms. The maximum atomic E-state index is 7.05. The van der Waals surface area contributed by atoms with Gasteiger partial charge in [-0.05, 0) is 0 Å². The summed E-state index contributed by atoms with van der Waals surface area (Å²) in [7, 11) is 0. The first-order valence-electron chi connectivity index (χ1n) is 9.40. The van der Waals surface area contributed by atoms with Crippen LogP contribution in [-0.2, 0) is 4.52 Å². The van der Waals surface area contributed by atoms with Crippen LogP contribution in [0.3, 0.4) is 0 Å². The molecule has 1 aliphatic carbocycles. The van der Waals surface area contributed by atoms with Crippen molar-refractivity contribution < 1.29 is 4.52 Å². The van der Waals surface area contributed by atoms with Gasteiger partial charge >= 0.3 is 161 Å². The fraction of sp³-hybridized carbons (Fsp3) is 0.455. The Hall–Kier alpha value is -0.651. The molecule has 0 amide bonds. The average molecular weight is 419 g/mol. The molecule has 1 aliphatic rings. The first kappa shape index (κ1) is 19.1. The molecule has 0 aliphatic heterocycles. The number of hydrogen-bond donors (Lipinski definition) is 0. The second-order valence-electron chi connectivity index (χ2n) is 7.69. The molecule has 1 fully saturated rings. The van der Waals surface area contributed by atoms with Crippen LogP contribution in [0.4, 0.5) is 0 Å². The summed E-state index contributed by atoms with van der Waals surface area (Å²) in [6.45, 7) is 7.07. The summed E-state index contributed by atoms with van der Waals surface area (Å²) in [5.41, 5.74) is -1.97. The molecule has 3 atom stereocenters. The number of hydrogen-bond acceptors (Lipinski definition) is 1. The molecule has 2 aromatic rings. The zero-order valence-corrected chi connectivity index (χ0v) is 18.1. The van der Waals surface area contributed by atoms with Gasteiger partial charge in [-0.15, -0.1) is 0 Å². The number of rotatable bonds is 5. The van der Waals surface area contributed by atoms with Crippen molar-refractivity contribution in [2.75, 3.05) is 0 Å². The summed E-state index contributed by atoms with van der Waals surface area (Å²) in [5.74, 6) is 2.06. The summed E-state index contributed by atoms with van der Waals surface area (Å²) in [6.07, 6.45) is 4.12. The van der Waals surface area contributed by atoms with Crippen molar-refractivity contribution in [3.05, 3.63) is 60.7 Å². The molecule has 3 heteroatoms. The molecule has 2 aromatic carbocycles. The van der Waals surface area contributed by atoms with Crippen LogP contribution in [0.25, 0.3) is 0 Å². The molecule has 134 valence electrons. The van der Waals surface area contributed by atoms with Crippen molar-refractivity contribution in [2.24, 2.45) is 17.8 Å². The van der Waals surface area contributed by atoms with Gasteiger partial charge in [-0.25, -0.2) is 0 Å². The second-order valence-corrected chi connectivity index (χ2v) is 13.3. The summed E-state index contributed by atoms with van der Waals surface area (Å²) in [4.78, 5) is 0. The van der Waals surface area contributed by atoms with Crippen LogP contribution in [0.15, 0.2) is 60.7 Å². The van der Waals surface area contributed by atoms with E-state index < -0.39 is 5.74 Å². The van der Waals surface area contributed by atoms with Crippen molar-refractivity contribution in [1.29, 1.82) is 0 Å². The molecule has 0 heterocycles. The van der Waals surface area contributed by atoms with Crippen LogP contribution in [0.1, 0.15) is 40.0 Å². The van der Waals surface area contributed by atoms with Crippen molar-refractivity contribution in [3.8, 4) is 0 Å². The van der Waals surface area contributed by atoms with Crippen LogP contribution >= 0.6 is 5.74 Å². The molecule has 0 saturated heterocycles. The van der Waals surface area contributed by atoms with Crippen LogP contribution in [0.5, 0.6) is 0 Å². The maximum absolute atomic E-state index is 7.05. The zero-order chi connectivity index (χ0) is 17.9. The Morgan fingerprint density at radius 2 is 1.44 bits per heavy atom. The first-order valence-corrected chi connectivity index (χ1v) is 13.3. The van der Waals surface area contributed by atoms with Gasteiger partial charge < -0.3 is 0 Å². The Balaban J connectivity index is 1.99. The summed E-state index contributed by atoms with van der Waals surface area (Å²) < 4.78 is 7.05. The van der Waals surface area contributed by atoms with Crippen molar-refractivity contribution in [3.63, 3.8) is 0 Å². The fourth-order valence-corrected chi connectivity index (χ4v) is 8.47. The van der Waals surface area contributed by atoms with Gasteiger partial charge in [-0.2, -0.15) is 0 Å². The zero-order valence-electron chi connectivity index (χ0n) is 15.5. The third-order valence-electron chi connectivity index (χ3n) is 5.44. The Morgan fingerprint density at radius 3 is 1.92 bits per heavy atom. The molecule has 3 rings (SSSR count). The molecule has 0 spiro atoms. The van der Waals surface area contributed by atoms with Crippen LogP contribution in [0, 0.1) is 17.8 Å². The molecule has 0 bridgehead atoms. The molecule has 1 nitrogen and oxygen atoms in total. The van der Waals surface area contributed by atoms with Gasteiger partial charge in [0, 0.05) is 0 Å². The third kappa shape index (κ3) is 4.37. The Bertz CT molecular complexity index is 670. The number of benzene rings is 2. The standard InChI is InChI=1S/C22H29OPSe/c1-17(2)21-15-14-18(3)16-22(21)23-24(25,19-10-6-4-7-11-19)20-12-8-5-9-13-20/h4-13,17-18,21-22H,14-16H2,1-3H3/t18-,21+,22-/m1/s1. The van der Waals surface area contributed by atoms with Gasteiger partial charge in [0.25, 0.3) is 0 Å². The van der Waals surface area contributed by atoms with Gasteiger partial charge in [0.2, 0.25) is 0 Å². The van der Waals surface area contributed by atoms with Gasteiger partial charge in [-0.3, -0.25) is 0 Å². The van der Waals surface area contributed by atoms with E-state index in [0.717, 1.165) is 5.92 Å². The van der Waals surface area contributed by atoms with E-state index in [0.29, 0.717) is 17.9 Å². The molecule has 0 aromatic heterocycles. The van der Waals surface area contributed by atoms with E-state index in [4.69, 9.17) is 4.52 Å². The van der Waals surface area contributed by atoms with E-state index in [1.165, 1.54) is 29.9 Å². The second kappa shape index (κ2) is 8.36. The molecular formula is C22H29OPSe. The van der Waals surface area contributed by atoms with Gasteiger partial charge in [0.1, 0.15) is 0 Å². The predicted molar refractivity (Wildman–Crippen MR) is 111 cm³/mol. The Morgan fingerprint density at radius 1 is 0.920 bits per heavy atom. The quantitative estimate of drug-likeness (QED) is 0.482. The topological polar surface area (TPSA) is 9.23 Å². The SMILES string of the molecule is CC(C)[C@@H]1CC[C@@H](C)C[C@H]1OP(=[Se])(c1ccccc1)c1ccccc1. The van der Waals surface area contributed by atoms with E-state index in [9.17, 15) is 0 Å². The van der Waals surface area contributed by atoms with Crippen LogP contribution in [-0.4, -0.2) is 21.2 Å². The van der Waals surface area contributed by atoms with Crippen molar-refractivity contribution in [2.45, 2.75) is 46.1 Å². The molecule has 0 unspecified atom stereocenters. The van der Waals surface area contributed by atoms with Gasteiger partial charge in [0.05, 0.1) is 0 Å². The Kier molecular flexibility index (Phi) is 6.39. The summed E-state index contributed by atoms with van der Waals surface area (Å²) in [6, 6.07) is 21.5. The molecule has 0 radical (unpaired) electrons. The molecule has 0 N–H and O–H groups in total. The van der Waals surface area contributed by atoms with Gasteiger partial charge in [-0.1, -0.05) is 0 Å². The monoisotopic (exact) mass is 420 g/mol.